The molecule has 0 radical (unpaired) electrons. The molecule has 1 N–H and O–H groups in total. The van der Waals surface area contributed by atoms with Crippen molar-refractivity contribution in [2.45, 2.75) is 110 Å². The Balaban J connectivity index is 1.53. The summed E-state index contributed by atoms with van der Waals surface area (Å²) < 4.78 is 2.48. The Morgan fingerprint density at radius 2 is 1.93 bits per heavy atom. The number of carbonyl (C=O) groups is 1. The van der Waals surface area contributed by atoms with Gasteiger partial charge < -0.3 is 9.67 Å². The molecule has 164 valence electrons. The van der Waals surface area contributed by atoms with Gasteiger partial charge in [0.1, 0.15) is 11.6 Å². The predicted molar refractivity (Wildman–Crippen MR) is 122 cm³/mol. The average molecular weight is 411 g/mol. The minimum atomic E-state index is -0.638. The molecule has 2 aliphatic rings. The quantitative estimate of drug-likeness (QED) is 0.530. The highest BCUT2D eigenvalue weighted by atomic mass is 16.3. The van der Waals surface area contributed by atoms with Gasteiger partial charge in [-0.25, -0.2) is 4.98 Å². The van der Waals surface area contributed by atoms with E-state index < -0.39 is 5.60 Å². The fourth-order valence-corrected chi connectivity index (χ4v) is 5.19. The predicted octanol–water partition coefficient (Wildman–Crippen LogP) is 6.16. The van der Waals surface area contributed by atoms with Gasteiger partial charge in [-0.05, 0) is 80.9 Å². The Labute approximate surface area is 181 Å². The lowest BCUT2D eigenvalue weighted by atomic mass is 9.73. The zero-order chi connectivity index (χ0) is 21.5. The Hall–Kier alpha value is -1.68. The standard InChI is InChI=1S/C26H38N2O2/c1-18-21(26(30)15-8-16-26)13-14-22-24(18)28(19-9-7-10-19)23(27-22)12-6-5-11-20(29)17-25(2,3)4/h13-14,19,30H,5-12,15-17H2,1-4H3. The summed E-state index contributed by atoms with van der Waals surface area (Å²) >= 11 is 0. The highest BCUT2D eigenvalue weighted by Crippen LogP contribution is 2.45. The third kappa shape index (κ3) is 4.21. The van der Waals surface area contributed by atoms with Crippen LogP contribution in [0.3, 0.4) is 0 Å². The molecule has 2 aromatic rings. The number of ketones is 1. The molecule has 0 atom stereocenters. The van der Waals surface area contributed by atoms with Crippen LogP contribution in [0, 0.1) is 12.3 Å². The number of aliphatic hydroxyl groups is 1. The van der Waals surface area contributed by atoms with Crippen LogP contribution in [0.5, 0.6) is 0 Å². The first-order valence-electron chi connectivity index (χ1n) is 11.9. The minimum Gasteiger partial charge on any atom is -0.385 e. The Morgan fingerprint density at radius 3 is 2.50 bits per heavy atom. The molecular weight excluding hydrogens is 372 g/mol. The number of aromatic nitrogens is 2. The van der Waals surface area contributed by atoms with E-state index in [0.29, 0.717) is 24.7 Å². The lowest BCUT2D eigenvalue weighted by Gasteiger charge is -2.38. The lowest BCUT2D eigenvalue weighted by Crippen LogP contribution is -2.34. The summed E-state index contributed by atoms with van der Waals surface area (Å²) in [4.78, 5) is 17.2. The first-order chi connectivity index (χ1) is 14.2. The molecule has 4 nitrogen and oxygen atoms in total. The molecule has 2 aliphatic carbocycles. The maximum Gasteiger partial charge on any atom is 0.133 e. The normalized spacial score (nSPS) is 19.0. The number of rotatable bonds is 8. The van der Waals surface area contributed by atoms with Crippen LogP contribution in [0.15, 0.2) is 12.1 Å². The number of hydrogen-bond donors (Lipinski definition) is 1. The zero-order valence-electron chi connectivity index (χ0n) is 19.3. The van der Waals surface area contributed by atoms with Crippen molar-refractivity contribution in [3.63, 3.8) is 0 Å². The number of imidazole rings is 1. The van der Waals surface area contributed by atoms with Crippen molar-refractivity contribution < 1.29 is 9.90 Å². The van der Waals surface area contributed by atoms with Crippen molar-refractivity contribution in [2.75, 3.05) is 0 Å². The van der Waals surface area contributed by atoms with Crippen LogP contribution in [0.25, 0.3) is 11.0 Å². The second-order valence-corrected chi connectivity index (χ2v) is 11.0. The van der Waals surface area contributed by atoms with Crippen LogP contribution in [-0.2, 0) is 16.8 Å². The minimum absolute atomic E-state index is 0.0784. The van der Waals surface area contributed by atoms with E-state index in [1.165, 1.54) is 36.2 Å². The molecule has 30 heavy (non-hydrogen) atoms. The average Bonchev–Trinajstić information content (AvgIpc) is 2.93. The van der Waals surface area contributed by atoms with Crippen molar-refractivity contribution in [1.82, 2.24) is 9.55 Å². The number of aryl methyl sites for hydroxylation is 2. The fourth-order valence-electron chi connectivity index (χ4n) is 5.19. The topological polar surface area (TPSA) is 55.1 Å². The van der Waals surface area contributed by atoms with Crippen molar-refractivity contribution >= 4 is 16.8 Å². The van der Waals surface area contributed by atoms with Crippen LogP contribution in [0.2, 0.25) is 0 Å². The third-order valence-corrected chi connectivity index (χ3v) is 7.13. The molecule has 2 saturated carbocycles. The largest absolute Gasteiger partial charge is 0.385 e. The molecule has 1 aromatic heterocycles. The number of hydrogen-bond acceptors (Lipinski definition) is 3. The molecule has 1 aromatic carbocycles. The van der Waals surface area contributed by atoms with Crippen molar-refractivity contribution in [1.29, 1.82) is 0 Å². The molecular formula is C26H38N2O2. The molecule has 0 aliphatic heterocycles. The van der Waals surface area contributed by atoms with Gasteiger partial charge >= 0.3 is 0 Å². The van der Waals surface area contributed by atoms with Gasteiger partial charge in [0, 0.05) is 25.3 Å². The van der Waals surface area contributed by atoms with Gasteiger partial charge in [0.2, 0.25) is 0 Å². The number of unbranched alkanes of at least 4 members (excludes halogenated alkanes) is 1. The summed E-state index contributed by atoms with van der Waals surface area (Å²) in [5.74, 6) is 1.54. The first-order valence-corrected chi connectivity index (χ1v) is 11.9. The Bertz CT molecular complexity index is 927. The molecule has 2 fully saturated rings. The van der Waals surface area contributed by atoms with E-state index in [9.17, 15) is 9.90 Å². The van der Waals surface area contributed by atoms with E-state index in [2.05, 4.69) is 44.4 Å². The van der Waals surface area contributed by atoms with Crippen LogP contribution in [0.4, 0.5) is 0 Å². The van der Waals surface area contributed by atoms with E-state index in [0.717, 1.165) is 49.6 Å². The molecule has 0 saturated heterocycles. The molecule has 0 amide bonds. The highest BCUT2D eigenvalue weighted by molar-refractivity contribution is 5.82. The summed E-state index contributed by atoms with van der Waals surface area (Å²) in [5.41, 5.74) is 4.04. The van der Waals surface area contributed by atoms with Gasteiger partial charge in [-0.2, -0.15) is 0 Å². The third-order valence-electron chi connectivity index (χ3n) is 7.13. The number of carbonyl (C=O) groups excluding carboxylic acids is 1. The number of Topliss-reactive ketones (excluding diaryl/α,β-unsaturated/α-hetero) is 1. The molecule has 0 spiro atoms. The van der Waals surface area contributed by atoms with Crippen LogP contribution in [-0.4, -0.2) is 20.4 Å². The van der Waals surface area contributed by atoms with Gasteiger partial charge in [0.15, 0.2) is 0 Å². The van der Waals surface area contributed by atoms with Gasteiger partial charge in [-0.15, -0.1) is 0 Å². The van der Waals surface area contributed by atoms with E-state index in [1.54, 1.807) is 0 Å². The molecule has 4 heteroatoms. The monoisotopic (exact) mass is 410 g/mol. The summed E-state index contributed by atoms with van der Waals surface area (Å²) in [7, 11) is 0. The summed E-state index contributed by atoms with van der Waals surface area (Å²) in [6.45, 7) is 8.55. The number of fused-ring (bicyclic) bond motifs is 1. The van der Waals surface area contributed by atoms with E-state index in [-0.39, 0.29) is 5.41 Å². The first kappa shape index (κ1) is 21.5. The maximum atomic E-state index is 12.2. The van der Waals surface area contributed by atoms with Gasteiger partial charge in [0.25, 0.3) is 0 Å². The summed E-state index contributed by atoms with van der Waals surface area (Å²) in [5, 5.41) is 11.0. The van der Waals surface area contributed by atoms with Crippen molar-refractivity contribution in [3.05, 3.63) is 29.1 Å². The second kappa shape index (κ2) is 8.11. The fraction of sp³-hybridized carbons (Fsp3) is 0.692. The van der Waals surface area contributed by atoms with Crippen LogP contribution in [0.1, 0.15) is 108 Å². The molecule has 1 heterocycles. The Morgan fingerprint density at radius 1 is 1.20 bits per heavy atom. The summed E-state index contributed by atoms with van der Waals surface area (Å²) in [6, 6.07) is 4.75. The van der Waals surface area contributed by atoms with Crippen LogP contribution >= 0.6 is 0 Å². The highest BCUT2D eigenvalue weighted by Gasteiger charge is 2.38. The van der Waals surface area contributed by atoms with E-state index >= 15 is 0 Å². The van der Waals surface area contributed by atoms with Gasteiger partial charge in [0.05, 0.1) is 16.6 Å². The SMILES string of the molecule is Cc1c(C2(O)CCC2)ccc2nc(CCCCC(=O)CC(C)(C)C)n(C3CCC3)c12. The van der Waals surface area contributed by atoms with Gasteiger partial charge in [-0.3, -0.25) is 4.79 Å². The zero-order valence-corrected chi connectivity index (χ0v) is 19.3. The smallest absolute Gasteiger partial charge is 0.133 e. The molecule has 4 rings (SSSR count). The second-order valence-electron chi connectivity index (χ2n) is 11.0. The maximum absolute atomic E-state index is 12.2. The van der Waals surface area contributed by atoms with E-state index in [4.69, 9.17) is 4.98 Å². The van der Waals surface area contributed by atoms with E-state index in [1.807, 2.05) is 0 Å². The summed E-state index contributed by atoms with van der Waals surface area (Å²) in [6.07, 6.45) is 10.8. The van der Waals surface area contributed by atoms with Gasteiger partial charge in [-0.1, -0.05) is 26.8 Å². The number of nitrogens with zero attached hydrogens (tertiary/aromatic N) is 2. The molecule has 0 bridgehead atoms. The van der Waals surface area contributed by atoms with Crippen LogP contribution < -0.4 is 0 Å². The van der Waals surface area contributed by atoms with Crippen molar-refractivity contribution in [3.8, 4) is 0 Å². The number of benzene rings is 1. The lowest BCUT2D eigenvalue weighted by molar-refractivity contribution is -0.120. The Kier molecular flexibility index (Phi) is 5.82. The molecule has 0 unspecified atom stereocenters. The van der Waals surface area contributed by atoms with Crippen molar-refractivity contribution in [2.24, 2.45) is 5.41 Å².